The van der Waals surface area contributed by atoms with Gasteiger partial charge in [-0.05, 0) is 102 Å². The standard InChI is InChI=1S/C22H28N.C15H21N.C7H8O3S/c1-18-14-19(2)16-21(15-18)22-8-11-23(12-9-22,13-10-22)17-20-6-4-3-5-7-20;1-12-9-13(2)11-14(10-12)15-3-6-16(7-4-15)8-5-15;1-6-2-4-7(5-3-6)11(8,9)10/h3-7,14-16H,8-13,17H2,1-2H3;9-11H,3-8H2,1-2H3;2-5H,1H3,(H,8,9,10)/q+1;;/p-1. The number of fused-ring (bicyclic) bond motifs is 6. The number of aryl methyl sites for hydroxylation is 5. The minimum Gasteiger partial charge on any atom is -0.744 e. The molecule has 0 unspecified atom stereocenters. The molecule has 4 bridgehead atoms. The van der Waals surface area contributed by atoms with Gasteiger partial charge in [-0.1, -0.05) is 107 Å². The summed E-state index contributed by atoms with van der Waals surface area (Å²) in [6.45, 7) is 20.0. The molecule has 50 heavy (non-hydrogen) atoms. The van der Waals surface area contributed by atoms with Crippen LogP contribution in [0.5, 0.6) is 0 Å². The molecule has 0 aliphatic carbocycles. The third-order valence-electron chi connectivity index (χ3n) is 12.3. The lowest BCUT2D eigenvalue weighted by Gasteiger charge is -2.55. The normalized spacial score (nSPS) is 26.7. The Morgan fingerprint density at radius 2 is 1.00 bits per heavy atom. The first-order chi connectivity index (χ1) is 23.8. The van der Waals surface area contributed by atoms with Gasteiger partial charge in [-0.2, -0.15) is 0 Å². The van der Waals surface area contributed by atoms with Crippen LogP contribution in [0.3, 0.4) is 0 Å². The first-order valence-corrected chi connectivity index (χ1v) is 20.0. The molecule has 6 aliphatic rings. The first-order valence-electron chi connectivity index (χ1n) is 18.6. The van der Waals surface area contributed by atoms with Crippen LogP contribution in [0.1, 0.15) is 83.0 Å². The van der Waals surface area contributed by atoms with E-state index in [1.165, 1.54) is 129 Å². The maximum atomic E-state index is 10.4. The van der Waals surface area contributed by atoms with E-state index in [1.54, 1.807) is 23.3 Å². The van der Waals surface area contributed by atoms with Crippen LogP contribution in [0.4, 0.5) is 0 Å². The number of rotatable bonds is 5. The quantitative estimate of drug-likeness (QED) is 0.155. The summed E-state index contributed by atoms with van der Waals surface area (Å²) in [5.74, 6) is 0. The third kappa shape index (κ3) is 8.42. The van der Waals surface area contributed by atoms with Crippen molar-refractivity contribution in [2.75, 3.05) is 39.3 Å². The molecular formula is C44H56N2O3S. The first kappa shape index (κ1) is 36.5. The van der Waals surface area contributed by atoms with Gasteiger partial charge in [0.05, 0.1) is 24.5 Å². The summed E-state index contributed by atoms with van der Waals surface area (Å²) in [6.07, 6.45) is 8.20. The Balaban J connectivity index is 0.000000139. The van der Waals surface area contributed by atoms with Crippen molar-refractivity contribution in [2.45, 2.75) is 95.4 Å². The average molecular weight is 693 g/mol. The lowest BCUT2D eigenvalue weighted by Crippen LogP contribution is -2.62. The second-order valence-electron chi connectivity index (χ2n) is 16.1. The van der Waals surface area contributed by atoms with Crippen LogP contribution in [0.25, 0.3) is 0 Å². The summed E-state index contributed by atoms with van der Waals surface area (Å²) in [7, 11) is -4.27. The Hall–Kier alpha value is -3.29. The fourth-order valence-corrected chi connectivity index (χ4v) is 9.70. The van der Waals surface area contributed by atoms with Gasteiger partial charge >= 0.3 is 0 Å². The van der Waals surface area contributed by atoms with Crippen molar-refractivity contribution < 1.29 is 17.5 Å². The number of piperidine rings is 6. The van der Waals surface area contributed by atoms with Crippen molar-refractivity contribution in [1.29, 1.82) is 0 Å². The fraction of sp³-hybridized carbons (Fsp3) is 0.455. The van der Waals surface area contributed by atoms with Crippen molar-refractivity contribution >= 4 is 10.1 Å². The summed E-state index contributed by atoms with van der Waals surface area (Å²) >= 11 is 0. The van der Waals surface area contributed by atoms with Gasteiger partial charge in [0.1, 0.15) is 16.7 Å². The van der Waals surface area contributed by atoms with E-state index in [-0.39, 0.29) is 4.90 Å². The molecule has 6 heterocycles. The highest BCUT2D eigenvalue weighted by atomic mass is 32.2. The molecule has 0 radical (unpaired) electrons. The lowest BCUT2D eigenvalue weighted by atomic mass is 9.66. The maximum absolute atomic E-state index is 10.4. The van der Waals surface area contributed by atoms with Gasteiger partial charge in [0.15, 0.2) is 0 Å². The third-order valence-corrected chi connectivity index (χ3v) is 13.1. The van der Waals surface area contributed by atoms with Crippen LogP contribution in [-0.2, 0) is 27.5 Å². The summed E-state index contributed by atoms with van der Waals surface area (Å²) in [6, 6.07) is 31.2. The second-order valence-corrected chi connectivity index (χ2v) is 17.5. The highest BCUT2D eigenvalue weighted by Gasteiger charge is 2.49. The molecule has 6 heteroatoms. The Kier molecular flexibility index (Phi) is 10.8. The van der Waals surface area contributed by atoms with Gasteiger partial charge in [0.25, 0.3) is 0 Å². The highest BCUT2D eigenvalue weighted by Crippen LogP contribution is 2.47. The van der Waals surface area contributed by atoms with Gasteiger partial charge in [0, 0.05) is 30.2 Å². The van der Waals surface area contributed by atoms with Crippen molar-refractivity contribution in [1.82, 2.24) is 4.90 Å². The Morgan fingerprint density at radius 3 is 1.42 bits per heavy atom. The smallest absolute Gasteiger partial charge is 0.124 e. The van der Waals surface area contributed by atoms with E-state index in [2.05, 4.69) is 99.3 Å². The van der Waals surface area contributed by atoms with Crippen molar-refractivity contribution in [3.05, 3.63) is 136 Å². The minimum atomic E-state index is -4.27. The molecule has 6 aliphatic heterocycles. The maximum Gasteiger partial charge on any atom is 0.124 e. The zero-order valence-corrected chi connectivity index (χ0v) is 31.7. The fourth-order valence-electron chi connectivity index (χ4n) is 9.23. The van der Waals surface area contributed by atoms with Gasteiger partial charge < -0.3 is 13.9 Å². The molecule has 10 rings (SSSR count). The van der Waals surface area contributed by atoms with Crippen molar-refractivity contribution in [3.8, 4) is 0 Å². The molecule has 6 fully saturated rings. The van der Waals surface area contributed by atoms with Crippen LogP contribution in [-0.4, -0.2) is 61.6 Å². The molecule has 6 saturated heterocycles. The summed E-state index contributed by atoms with van der Waals surface area (Å²) < 4.78 is 32.5. The van der Waals surface area contributed by atoms with Crippen LogP contribution >= 0.6 is 0 Å². The molecule has 0 atom stereocenters. The van der Waals surface area contributed by atoms with Gasteiger partial charge in [-0.3, -0.25) is 0 Å². The van der Waals surface area contributed by atoms with Crippen molar-refractivity contribution in [2.24, 2.45) is 0 Å². The van der Waals surface area contributed by atoms with Crippen molar-refractivity contribution in [3.63, 3.8) is 0 Å². The molecule has 0 N–H and O–H groups in total. The van der Waals surface area contributed by atoms with Crippen LogP contribution < -0.4 is 0 Å². The Bertz CT molecular complexity index is 1800. The van der Waals surface area contributed by atoms with E-state index in [1.807, 2.05) is 6.92 Å². The van der Waals surface area contributed by atoms with E-state index in [4.69, 9.17) is 0 Å². The van der Waals surface area contributed by atoms with Crippen LogP contribution in [0.15, 0.2) is 95.9 Å². The molecule has 4 aromatic rings. The average Bonchev–Trinajstić information content (AvgIpc) is 3.10. The Labute approximate surface area is 301 Å². The van der Waals surface area contributed by atoms with Gasteiger partial charge in [0.2, 0.25) is 0 Å². The Morgan fingerprint density at radius 1 is 0.580 bits per heavy atom. The largest absolute Gasteiger partial charge is 0.744 e. The van der Waals surface area contributed by atoms with E-state index < -0.39 is 10.1 Å². The van der Waals surface area contributed by atoms with E-state index >= 15 is 0 Å². The minimum absolute atomic E-state index is 0.178. The van der Waals surface area contributed by atoms with E-state index in [9.17, 15) is 13.0 Å². The number of nitrogens with zero attached hydrogens (tertiary/aromatic N) is 2. The molecule has 0 amide bonds. The molecule has 5 nitrogen and oxygen atoms in total. The monoisotopic (exact) mass is 692 g/mol. The number of quaternary nitrogens is 1. The second kappa shape index (κ2) is 14.7. The van der Waals surface area contributed by atoms with E-state index in [0.29, 0.717) is 10.8 Å². The molecule has 4 aromatic carbocycles. The zero-order valence-electron chi connectivity index (χ0n) is 30.9. The summed E-state index contributed by atoms with van der Waals surface area (Å²) in [4.78, 5) is 2.44. The zero-order chi connectivity index (χ0) is 35.6. The van der Waals surface area contributed by atoms with Gasteiger partial charge in [-0.25, -0.2) is 8.42 Å². The molecular weight excluding hydrogens is 637 g/mol. The van der Waals surface area contributed by atoms with Crippen LogP contribution in [0.2, 0.25) is 0 Å². The van der Waals surface area contributed by atoms with E-state index in [0.717, 1.165) is 5.56 Å². The molecule has 0 saturated carbocycles. The van der Waals surface area contributed by atoms with Crippen LogP contribution in [0, 0.1) is 34.6 Å². The van der Waals surface area contributed by atoms with Gasteiger partial charge in [-0.15, -0.1) is 0 Å². The predicted octanol–water partition coefficient (Wildman–Crippen LogP) is 8.70. The molecule has 0 spiro atoms. The molecule has 0 aromatic heterocycles. The topological polar surface area (TPSA) is 60.4 Å². The number of hydrogen-bond acceptors (Lipinski definition) is 4. The summed E-state index contributed by atoms with van der Waals surface area (Å²) in [5, 5.41) is 0. The number of benzene rings is 4. The number of hydrogen-bond donors (Lipinski definition) is 0. The highest BCUT2D eigenvalue weighted by molar-refractivity contribution is 7.85. The molecule has 266 valence electrons. The SMILES string of the molecule is Cc1cc(C)cc(C23CCN(CC2)CC3)c1.Cc1cc(C)cc(C23CC[N+](Cc4ccccc4)(CC2)CC3)c1.Cc1ccc(S(=O)(=O)[O-])cc1. The lowest BCUT2D eigenvalue weighted by molar-refractivity contribution is -0.955. The predicted molar refractivity (Wildman–Crippen MR) is 203 cm³/mol. The summed E-state index contributed by atoms with van der Waals surface area (Å²) in [5.41, 5.74) is 12.4.